The highest BCUT2D eigenvalue weighted by molar-refractivity contribution is 14.1. The summed E-state index contributed by atoms with van der Waals surface area (Å²) in [6, 6.07) is 0.489. The van der Waals surface area contributed by atoms with E-state index in [0.717, 1.165) is 25.6 Å². The van der Waals surface area contributed by atoms with Gasteiger partial charge < -0.3 is 10.2 Å². The SMILES string of the molecule is O=C(I)N1CCC2CCNCC21. The van der Waals surface area contributed by atoms with Crippen molar-refractivity contribution >= 4 is 26.5 Å². The van der Waals surface area contributed by atoms with Crippen LogP contribution in [0.1, 0.15) is 12.8 Å². The minimum Gasteiger partial charge on any atom is -0.330 e. The van der Waals surface area contributed by atoms with Gasteiger partial charge in [0.25, 0.3) is 3.91 Å². The molecule has 2 atom stereocenters. The molecule has 2 aliphatic heterocycles. The first-order valence-electron chi connectivity index (χ1n) is 4.46. The van der Waals surface area contributed by atoms with Gasteiger partial charge >= 0.3 is 0 Å². The Bertz CT molecular complexity index is 197. The number of fused-ring (bicyclic) bond motifs is 1. The molecule has 4 heteroatoms. The predicted molar refractivity (Wildman–Crippen MR) is 55.5 cm³/mol. The fraction of sp³-hybridized carbons (Fsp3) is 0.875. The average Bonchev–Trinajstić information content (AvgIpc) is 2.47. The number of piperidine rings is 1. The van der Waals surface area contributed by atoms with Gasteiger partial charge in [0, 0.05) is 41.7 Å². The maximum Gasteiger partial charge on any atom is 0.283 e. The molecule has 0 radical (unpaired) electrons. The Balaban J connectivity index is 2.05. The number of hydrogen-bond donors (Lipinski definition) is 1. The van der Waals surface area contributed by atoms with Gasteiger partial charge in [0.1, 0.15) is 0 Å². The highest BCUT2D eigenvalue weighted by atomic mass is 127. The van der Waals surface area contributed by atoms with E-state index in [-0.39, 0.29) is 3.91 Å². The molecule has 2 rings (SSSR count). The average molecular weight is 280 g/mol. The van der Waals surface area contributed by atoms with Gasteiger partial charge in [-0.25, -0.2) is 0 Å². The fourth-order valence-corrected chi connectivity index (χ4v) is 2.89. The van der Waals surface area contributed by atoms with Crippen LogP contribution in [0.4, 0.5) is 4.79 Å². The standard InChI is InChI=1S/C8H13IN2O/c9-8(12)11-4-2-6-1-3-10-5-7(6)11/h6-7,10H,1-5H2. The third kappa shape index (κ3) is 1.46. The minimum absolute atomic E-state index is 0.212. The smallest absolute Gasteiger partial charge is 0.283 e. The van der Waals surface area contributed by atoms with Crippen molar-refractivity contribution in [3.63, 3.8) is 0 Å². The fourth-order valence-electron chi connectivity index (χ4n) is 2.29. The maximum atomic E-state index is 11.2. The number of carbonyl (C=O) groups excluding carboxylic acids is 1. The van der Waals surface area contributed by atoms with Crippen LogP contribution in [0.2, 0.25) is 0 Å². The van der Waals surface area contributed by atoms with E-state index in [9.17, 15) is 4.79 Å². The lowest BCUT2D eigenvalue weighted by Gasteiger charge is -2.30. The molecule has 1 amide bonds. The summed E-state index contributed by atoms with van der Waals surface area (Å²) in [7, 11) is 0. The molecule has 0 aromatic rings. The van der Waals surface area contributed by atoms with Crippen molar-refractivity contribution in [3.8, 4) is 0 Å². The molecule has 2 heterocycles. The van der Waals surface area contributed by atoms with E-state index in [4.69, 9.17) is 0 Å². The van der Waals surface area contributed by atoms with Crippen LogP contribution in [0.15, 0.2) is 0 Å². The third-order valence-corrected chi connectivity index (χ3v) is 3.58. The first-order valence-corrected chi connectivity index (χ1v) is 5.54. The van der Waals surface area contributed by atoms with Crippen LogP contribution in [0, 0.1) is 5.92 Å². The topological polar surface area (TPSA) is 32.3 Å². The number of likely N-dealkylation sites (tertiary alicyclic amines) is 1. The Morgan fingerprint density at radius 2 is 2.33 bits per heavy atom. The van der Waals surface area contributed by atoms with Crippen LogP contribution in [-0.2, 0) is 0 Å². The van der Waals surface area contributed by atoms with Gasteiger partial charge in [-0.3, -0.25) is 4.79 Å². The van der Waals surface area contributed by atoms with Crippen LogP contribution >= 0.6 is 22.6 Å². The molecule has 0 bridgehead atoms. The van der Waals surface area contributed by atoms with E-state index in [1.165, 1.54) is 12.8 Å². The highest BCUT2D eigenvalue weighted by Crippen LogP contribution is 2.29. The maximum absolute atomic E-state index is 11.2. The van der Waals surface area contributed by atoms with E-state index in [2.05, 4.69) is 5.32 Å². The number of nitrogens with zero attached hydrogens (tertiary/aromatic N) is 1. The highest BCUT2D eigenvalue weighted by Gasteiger charge is 2.37. The number of carbonyl (C=O) groups is 1. The molecular formula is C8H13IN2O. The first-order chi connectivity index (χ1) is 5.79. The predicted octanol–water partition coefficient (Wildman–Crippen LogP) is 1.23. The molecule has 0 spiro atoms. The van der Waals surface area contributed by atoms with E-state index in [0.29, 0.717) is 6.04 Å². The van der Waals surface area contributed by atoms with Gasteiger partial charge in [0.15, 0.2) is 0 Å². The Morgan fingerprint density at radius 3 is 3.08 bits per heavy atom. The zero-order chi connectivity index (χ0) is 8.55. The summed E-state index contributed by atoms with van der Waals surface area (Å²) in [4.78, 5) is 13.2. The summed E-state index contributed by atoms with van der Waals surface area (Å²) in [5, 5.41) is 3.34. The summed E-state index contributed by atoms with van der Waals surface area (Å²) in [5.74, 6) is 0.768. The van der Waals surface area contributed by atoms with Crippen molar-refractivity contribution in [3.05, 3.63) is 0 Å². The lowest BCUT2D eigenvalue weighted by Crippen LogP contribution is -2.46. The van der Waals surface area contributed by atoms with E-state index in [1.807, 2.05) is 27.5 Å². The monoisotopic (exact) mass is 280 g/mol. The molecule has 0 aromatic heterocycles. The molecule has 0 aliphatic carbocycles. The molecule has 2 unspecified atom stereocenters. The van der Waals surface area contributed by atoms with Gasteiger partial charge in [0.05, 0.1) is 0 Å². The molecule has 0 aromatic carbocycles. The van der Waals surface area contributed by atoms with Crippen molar-refractivity contribution in [1.29, 1.82) is 0 Å². The van der Waals surface area contributed by atoms with Crippen LogP contribution < -0.4 is 5.32 Å². The van der Waals surface area contributed by atoms with Crippen LogP contribution in [-0.4, -0.2) is 34.5 Å². The Morgan fingerprint density at radius 1 is 1.50 bits per heavy atom. The van der Waals surface area contributed by atoms with Gasteiger partial charge in [-0.15, -0.1) is 0 Å². The molecule has 68 valence electrons. The first kappa shape index (κ1) is 8.74. The van der Waals surface area contributed by atoms with E-state index in [1.54, 1.807) is 0 Å². The van der Waals surface area contributed by atoms with Crippen molar-refractivity contribution < 1.29 is 4.79 Å². The molecule has 0 saturated carbocycles. The quantitative estimate of drug-likeness (QED) is 0.411. The number of amides is 1. The minimum atomic E-state index is 0.212. The van der Waals surface area contributed by atoms with Gasteiger partial charge in [-0.2, -0.15) is 0 Å². The van der Waals surface area contributed by atoms with Crippen LogP contribution in [0.3, 0.4) is 0 Å². The van der Waals surface area contributed by atoms with E-state index >= 15 is 0 Å². The number of hydrogen-bond acceptors (Lipinski definition) is 2. The van der Waals surface area contributed by atoms with Crippen molar-refractivity contribution in [2.75, 3.05) is 19.6 Å². The second-order valence-corrected chi connectivity index (χ2v) is 4.48. The zero-order valence-corrected chi connectivity index (χ0v) is 9.08. The Hall–Kier alpha value is 0.160. The van der Waals surface area contributed by atoms with Gasteiger partial charge in [-0.1, -0.05) is 0 Å². The van der Waals surface area contributed by atoms with Gasteiger partial charge in [-0.05, 0) is 25.3 Å². The Kier molecular flexibility index (Phi) is 2.55. The normalized spacial score (nSPS) is 34.9. The number of halogens is 1. The third-order valence-electron chi connectivity index (χ3n) is 2.96. The number of rotatable bonds is 0. The van der Waals surface area contributed by atoms with Crippen molar-refractivity contribution in [2.45, 2.75) is 18.9 Å². The molecular weight excluding hydrogens is 267 g/mol. The van der Waals surface area contributed by atoms with Crippen molar-refractivity contribution in [1.82, 2.24) is 10.2 Å². The molecule has 2 aliphatic rings. The molecule has 2 fully saturated rings. The van der Waals surface area contributed by atoms with Crippen LogP contribution in [0.25, 0.3) is 0 Å². The van der Waals surface area contributed by atoms with Crippen molar-refractivity contribution in [2.24, 2.45) is 5.92 Å². The zero-order valence-electron chi connectivity index (χ0n) is 6.92. The summed E-state index contributed by atoms with van der Waals surface area (Å²) in [6.45, 7) is 3.10. The molecule has 2 saturated heterocycles. The number of nitrogens with one attached hydrogen (secondary N) is 1. The summed E-state index contributed by atoms with van der Waals surface area (Å²) >= 11 is 1.89. The summed E-state index contributed by atoms with van der Waals surface area (Å²) < 4.78 is 0.212. The second kappa shape index (κ2) is 3.49. The summed E-state index contributed by atoms with van der Waals surface area (Å²) in [6.07, 6.45) is 2.45. The second-order valence-electron chi connectivity index (χ2n) is 3.56. The molecule has 12 heavy (non-hydrogen) atoms. The molecule has 1 N–H and O–H groups in total. The Labute approximate surface area is 86.0 Å². The van der Waals surface area contributed by atoms with Gasteiger partial charge in [0.2, 0.25) is 0 Å². The van der Waals surface area contributed by atoms with Crippen LogP contribution in [0.5, 0.6) is 0 Å². The largest absolute Gasteiger partial charge is 0.330 e. The summed E-state index contributed by atoms with van der Waals surface area (Å²) in [5.41, 5.74) is 0. The van der Waals surface area contributed by atoms with E-state index < -0.39 is 0 Å². The lowest BCUT2D eigenvalue weighted by molar-refractivity contribution is 0.200. The molecule has 3 nitrogen and oxygen atoms in total. The lowest BCUT2D eigenvalue weighted by atomic mass is 9.94.